The minimum Gasteiger partial charge on any atom is -0.496 e. The molecule has 1 aliphatic heterocycles. The molecule has 4 aromatic rings. The topological polar surface area (TPSA) is 88.1 Å². The lowest BCUT2D eigenvalue weighted by Crippen LogP contribution is -2.16. The van der Waals surface area contributed by atoms with Gasteiger partial charge >= 0.3 is 0 Å². The minimum absolute atomic E-state index is 0.0973. The molecule has 2 aromatic heterocycles. The fourth-order valence-electron chi connectivity index (χ4n) is 3.74. The van der Waals surface area contributed by atoms with Crippen molar-refractivity contribution < 1.29 is 18.4 Å². The second kappa shape index (κ2) is 9.72. The Morgan fingerprint density at radius 3 is 2.79 bits per heavy atom. The van der Waals surface area contributed by atoms with Crippen LogP contribution in [0.1, 0.15) is 18.7 Å². The van der Waals surface area contributed by atoms with Crippen molar-refractivity contribution in [2.75, 3.05) is 13.7 Å². The van der Waals surface area contributed by atoms with Gasteiger partial charge in [0.15, 0.2) is 11.0 Å². The van der Waals surface area contributed by atoms with E-state index in [0.29, 0.717) is 40.7 Å². The van der Waals surface area contributed by atoms with Crippen LogP contribution in [0.3, 0.4) is 0 Å². The number of para-hydroxylation sites is 1. The number of thioether (sulfide) groups is 1. The van der Waals surface area contributed by atoms with E-state index in [0.717, 1.165) is 30.6 Å². The molecule has 1 aliphatic rings. The highest BCUT2D eigenvalue weighted by molar-refractivity contribution is 7.98. The van der Waals surface area contributed by atoms with Crippen molar-refractivity contribution in [3.63, 3.8) is 0 Å². The molecule has 10 heteroatoms. The van der Waals surface area contributed by atoms with E-state index in [1.54, 1.807) is 19.2 Å². The number of hydrogen-bond donors (Lipinski definition) is 0. The van der Waals surface area contributed by atoms with Crippen molar-refractivity contribution in [1.29, 1.82) is 0 Å². The Bertz CT molecular complexity index is 1220. The SMILES string of the molecule is COc1ccccc1-c1noc(CSc2nnc(-c3ccc(F)cc3)n2CC2CCCO2)n1. The molecule has 33 heavy (non-hydrogen) atoms. The van der Waals surface area contributed by atoms with Crippen LogP contribution in [0.4, 0.5) is 4.39 Å². The molecule has 1 fully saturated rings. The van der Waals surface area contributed by atoms with Crippen LogP contribution in [0.5, 0.6) is 5.75 Å². The average Bonchev–Trinajstić information content (AvgIpc) is 3.60. The standard InChI is InChI=1S/C23H22FN5O3S/c1-30-19-7-3-2-6-18(19)21-25-20(32-28-21)14-33-23-27-26-22(15-8-10-16(24)11-9-15)29(23)13-17-5-4-12-31-17/h2-3,6-11,17H,4-5,12-14H2,1H3. The monoisotopic (exact) mass is 467 g/mol. The Kier molecular flexibility index (Phi) is 6.36. The Balaban J connectivity index is 1.37. The molecule has 0 spiro atoms. The number of aromatic nitrogens is 5. The quantitative estimate of drug-likeness (QED) is 0.347. The van der Waals surface area contributed by atoms with Gasteiger partial charge in [0.1, 0.15) is 11.6 Å². The number of rotatable bonds is 8. The second-order valence-corrected chi connectivity index (χ2v) is 8.50. The zero-order valence-electron chi connectivity index (χ0n) is 18.0. The van der Waals surface area contributed by atoms with Gasteiger partial charge in [-0.3, -0.25) is 4.57 Å². The first-order valence-corrected chi connectivity index (χ1v) is 11.6. The van der Waals surface area contributed by atoms with E-state index in [4.69, 9.17) is 14.0 Å². The van der Waals surface area contributed by atoms with E-state index in [1.165, 1.54) is 23.9 Å². The lowest BCUT2D eigenvalue weighted by atomic mass is 10.2. The molecule has 1 unspecified atom stereocenters. The Morgan fingerprint density at radius 1 is 1.15 bits per heavy atom. The third-order valence-electron chi connectivity index (χ3n) is 5.37. The molecule has 0 amide bonds. The highest BCUT2D eigenvalue weighted by Gasteiger charge is 2.22. The van der Waals surface area contributed by atoms with E-state index >= 15 is 0 Å². The molecule has 0 saturated carbocycles. The summed E-state index contributed by atoms with van der Waals surface area (Å²) in [6.45, 7) is 1.38. The van der Waals surface area contributed by atoms with Crippen molar-refractivity contribution in [2.45, 2.75) is 36.4 Å². The molecule has 1 atom stereocenters. The van der Waals surface area contributed by atoms with Gasteiger partial charge in [0.25, 0.3) is 0 Å². The molecule has 0 radical (unpaired) electrons. The number of halogens is 1. The molecule has 0 N–H and O–H groups in total. The molecule has 8 nitrogen and oxygen atoms in total. The lowest BCUT2D eigenvalue weighted by Gasteiger charge is -2.14. The average molecular weight is 468 g/mol. The van der Waals surface area contributed by atoms with Crippen molar-refractivity contribution >= 4 is 11.8 Å². The van der Waals surface area contributed by atoms with Gasteiger partial charge in [-0.25, -0.2) is 4.39 Å². The molecule has 1 saturated heterocycles. The Morgan fingerprint density at radius 2 is 2.00 bits per heavy atom. The maximum atomic E-state index is 13.4. The summed E-state index contributed by atoms with van der Waals surface area (Å²) >= 11 is 1.45. The lowest BCUT2D eigenvalue weighted by molar-refractivity contribution is 0.0953. The Hall–Kier alpha value is -3.24. The molecule has 2 aromatic carbocycles. The van der Waals surface area contributed by atoms with E-state index in [2.05, 4.69) is 20.3 Å². The number of ether oxygens (including phenoxy) is 2. The fourth-order valence-corrected chi connectivity index (χ4v) is 4.53. The maximum absolute atomic E-state index is 13.4. The molecule has 5 rings (SSSR count). The van der Waals surface area contributed by atoms with Gasteiger partial charge in [-0.15, -0.1) is 10.2 Å². The van der Waals surface area contributed by atoms with Gasteiger partial charge in [0.05, 0.1) is 31.1 Å². The van der Waals surface area contributed by atoms with Crippen molar-refractivity contribution in [1.82, 2.24) is 24.9 Å². The maximum Gasteiger partial charge on any atom is 0.237 e. The van der Waals surface area contributed by atoms with Crippen LogP contribution in [0.2, 0.25) is 0 Å². The highest BCUT2D eigenvalue weighted by Crippen LogP contribution is 2.30. The first-order chi connectivity index (χ1) is 16.2. The van der Waals surface area contributed by atoms with Gasteiger partial charge in [-0.2, -0.15) is 4.98 Å². The van der Waals surface area contributed by atoms with Crippen LogP contribution >= 0.6 is 11.8 Å². The largest absolute Gasteiger partial charge is 0.496 e. The number of hydrogen-bond acceptors (Lipinski definition) is 8. The summed E-state index contributed by atoms with van der Waals surface area (Å²) in [4.78, 5) is 4.51. The van der Waals surface area contributed by atoms with E-state index in [9.17, 15) is 4.39 Å². The zero-order chi connectivity index (χ0) is 22.6. The van der Waals surface area contributed by atoms with Gasteiger partial charge in [-0.05, 0) is 49.2 Å². The molecular formula is C23H22FN5O3S. The van der Waals surface area contributed by atoms with E-state index in [-0.39, 0.29) is 11.9 Å². The first kappa shape index (κ1) is 21.6. The summed E-state index contributed by atoms with van der Waals surface area (Å²) in [5.41, 5.74) is 1.56. The number of benzene rings is 2. The first-order valence-electron chi connectivity index (χ1n) is 10.6. The third kappa shape index (κ3) is 4.76. The molecule has 3 heterocycles. The predicted molar refractivity (Wildman–Crippen MR) is 120 cm³/mol. The summed E-state index contributed by atoms with van der Waals surface area (Å²) in [5.74, 6) is 2.42. The summed E-state index contributed by atoms with van der Waals surface area (Å²) in [7, 11) is 1.61. The summed E-state index contributed by atoms with van der Waals surface area (Å²) < 4.78 is 32.1. The van der Waals surface area contributed by atoms with E-state index in [1.807, 2.05) is 28.8 Å². The van der Waals surface area contributed by atoms with Crippen LogP contribution in [-0.4, -0.2) is 44.7 Å². The zero-order valence-corrected chi connectivity index (χ0v) is 18.8. The summed E-state index contributed by atoms with van der Waals surface area (Å²) in [6, 6.07) is 13.8. The fraction of sp³-hybridized carbons (Fsp3) is 0.304. The Labute approximate surface area is 194 Å². The third-order valence-corrected chi connectivity index (χ3v) is 6.32. The van der Waals surface area contributed by atoms with Crippen molar-refractivity contribution in [3.8, 4) is 28.5 Å². The number of nitrogens with zero attached hydrogens (tertiary/aromatic N) is 5. The smallest absolute Gasteiger partial charge is 0.237 e. The van der Waals surface area contributed by atoms with Crippen LogP contribution in [0.15, 0.2) is 58.2 Å². The van der Waals surface area contributed by atoms with Crippen LogP contribution in [0.25, 0.3) is 22.8 Å². The number of methoxy groups -OCH3 is 1. The van der Waals surface area contributed by atoms with Gasteiger partial charge in [0.2, 0.25) is 11.7 Å². The van der Waals surface area contributed by atoms with Crippen molar-refractivity contribution in [2.24, 2.45) is 0 Å². The highest BCUT2D eigenvalue weighted by atomic mass is 32.2. The van der Waals surface area contributed by atoms with Gasteiger partial charge < -0.3 is 14.0 Å². The van der Waals surface area contributed by atoms with Crippen LogP contribution in [0, 0.1) is 5.82 Å². The van der Waals surface area contributed by atoms with Crippen LogP contribution < -0.4 is 4.74 Å². The summed E-state index contributed by atoms with van der Waals surface area (Å²) in [6.07, 6.45) is 2.12. The van der Waals surface area contributed by atoms with Gasteiger partial charge in [-0.1, -0.05) is 29.1 Å². The minimum atomic E-state index is -0.291. The molecule has 170 valence electrons. The molecular weight excluding hydrogens is 445 g/mol. The second-order valence-electron chi connectivity index (χ2n) is 7.56. The molecule has 0 aliphatic carbocycles. The van der Waals surface area contributed by atoms with E-state index < -0.39 is 0 Å². The van der Waals surface area contributed by atoms with Crippen LogP contribution in [-0.2, 0) is 17.0 Å². The van der Waals surface area contributed by atoms with Crippen molar-refractivity contribution in [3.05, 3.63) is 60.2 Å². The van der Waals surface area contributed by atoms with Gasteiger partial charge in [0, 0.05) is 12.2 Å². The molecule has 0 bridgehead atoms. The normalized spacial score (nSPS) is 15.8. The summed E-state index contributed by atoms with van der Waals surface area (Å²) in [5, 5.41) is 13.6. The predicted octanol–water partition coefficient (Wildman–Crippen LogP) is 4.61.